The second-order valence-electron chi connectivity index (χ2n) is 4.38. The molecule has 1 aliphatic rings. The maximum atomic E-state index is 6.33. The Morgan fingerprint density at radius 3 is 3.19 bits per heavy atom. The highest BCUT2D eigenvalue weighted by Gasteiger charge is 2.27. The van der Waals surface area contributed by atoms with Crippen molar-refractivity contribution in [2.75, 3.05) is 0 Å². The Kier molecular flexibility index (Phi) is 2.58. The number of hydrogen-bond donors (Lipinski definition) is 1. The molecule has 0 fully saturated rings. The molecule has 2 atom stereocenters. The standard InChI is InChI=1S/C13H15NOS/c14-13(9-4-6-15-8-9)11-2-1-3-12-10(11)5-7-16-12/h4-8,11,13H,1-3,14H2. The van der Waals surface area contributed by atoms with Gasteiger partial charge in [0.25, 0.3) is 0 Å². The van der Waals surface area contributed by atoms with E-state index >= 15 is 0 Å². The lowest BCUT2D eigenvalue weighted by molar-refractivity contribution is 0.472. The summed E-state index contributed by atoms with van der Waals surface area (Å²) in [4.78, 5) is 1.52. The average Bonchev–Trinajstić information content (AvgIpc) is 2.98. The Morgan fingerprint density at radius 1 is 1.44 bits per heavy atom. The number of thiophene rings is 1. The van der Waals surface area contributed by atoms with Gasteiger partial charge in [-0.25, -0.2) is 0 Å². The van der Waals surface area contributed by atoms with Gasteiger partial charge in [-0.05, 0) is 42.3 Å². The van der Waals surface area contributed by atoms with Gasteiger partial charge in [0.15, 0.2) is 0 Å². The summed E-state index contributed by atoms with van der Waals surface area (Å²) in [7, 11) is 0. The minimum Gasteiger partial charge on any atom is -0.472 e. The third kappa shape index (κ3) is 1.60. The third-order valence-corrected chi connectivity index (χ3v) is 4.46. The molecule has 0 aromatic carbocycles. The molecule has 0 bridgehead atoms. The van der Waals surface area contributed by atoms with Crippen LogP contribution in [-0.2, 0) is 6.42 Å². The van der Waals surface area contributed by atoms with Gasteiger partial charge in [-0.1, -0.05) is 0 Å². The van der Waals surface area contributed by atoms with Crippen molar-refractivity contribution in [3.8, 4) is 0 Å². The fraction of sp³-hybridized carbons (Fsp3) is 0.385. The molecule has 2 aromatic heterocycles. The molecule has 16 heavy (non-hydrogen) atoms. The van der Waals surface area contributed by atoms with Crippen molar-refractivity contribution in [1.82, 2.24) is 0 Å². The van der Waals surface area contributed by atoms with Crippen molar-refractivity contribution in [1.29, 1.82) is 0 Å². The summed E-state index contributed by atoms with van der Waals surface area (Å²) < 4.78 is 5.12. The van der Waals surface area contributed by atoms with Crippen LogP contribution < -0.4 is 5.73 Å². The zero-order chi connectivity index (χ0) is 11.0. The predicted molar refractivity (Wildman–Crippen MR) is 65.6 cm³/mol. The summed E-state index contributed by atoms with van der Waals surface area (Å²) in [5, 5.41) is 2.19. The Labute approximate surface area is 99.1 Å². The van der Waals surface area contributed by atoms with E-state index in [1.165, 1.54) is 29.7 Å². The zero-order valence-electron chi connectivity index (χ0n) is 9.06. The molecule has 2 heterocycles. The van der Waals surface area contributed by atoms with E-state index in [0.717, 1.165) is 5.56 Å². The van der Waals surface area contributed by atoms with Crippen LogP contribution in [0.3, 0.4) is 0 Å². The van der Waals surface area contributed by atoms with Crippen LogP contribution in [0.15, 0.2) is 34.5 Å². The summed E-state index contributed by atoms with van der Waals surface area (Å²) in [6.45, 7) is 0. The minimum absolute atomic E-state index is 0.0763. The summed E-state index contributed by atoms with van der Waals surface area (Å²) >= 11 is 1.86. The molecule has 2 N–H and O–H groups in total. The average molecular weight is 233 g/mol. The lowest BCUT2D eigenvalue weighted by Gasteiger charge is -2.27. The van der Waals surface area contributed by atoms with Crippen molar-refractivity contribution in [3.05, 3.63) is 46.0 Å². The van der Waals surface area contributed by atoms with E-state index in [9.17, 15) is 0 Å². The van der Waals surface area contributed by atoms with Crippen molar-refractivity contribution in [2.45, 2.75) is 31.2 Å². The molecule has 2 unspecified atom stereocenters. The van der Waals surface area contributed by atoms with Gasteiger partial charge in [0, 0.05) is 22.4 Å². The molecule has 3 heteroatoms. The summed E-state index contributed by atoms with van der Waals surface area (Å²) in [5.74, 6) is 0.465. The summed E-state index contributed by atoms with van der Waals surface area (Å²) in [6.07, 6.45) is 7.14. The van der Waals surface area contributed by atoms with E-state index in [2.05, 4.69) is 11.4 Å². The van der Waals surface area contributed by atoms with Crippen LogP contribution in [0.5, 0.6) is 0 Å². The lowest BCUT2D eigenvalue weighted by Crippen LogP contribution is -2.22. The fourth-order valence-corrected chi connectivity index (χ4v) is 3.59. The van der Waals surface area contributed by atoms with E-state index in [-0.39, 0.29) is 6.04 Å². The van der Waals surface area contributed by atoms with Gasteiger partial charge in [0.05, 0.1) is 12.5 Å². The van der Waals surface area contributed by atoms with Gasteiger partial charge in [0.1, 0.15) is 0 Å². The van der Waals surface area contributed by atoms with Crippen molar-refractivity contribution < 1.29 is 4.42 Å². The first kappa shape index (κ1) is 10.1. The molecular weight excluding hydrogens is 218 g/mol. The highest BCUT2D eigenvalue weighted by atomic mass is 32.1. The van der Waals surface area contributed by atoms with E-state index in [4.69, 9.17) is 10.2 Å². The molecule has 84 valence electrons. The van der Waals surface area contributed by atoms with Gasteiger partial charge in [-0.2, -0.15) is 0 Å². The Bertz CT molecular complexity index is 460. The Morgan fingerprint density at radius 2 is 2.38 bits per heavy atom. The van der Waals surface area contributed by atoms with Crippen molar-refractivity contribution in [3.63, 3.8) is 0 Å². The molecule has 0 spiro atoms. The zero-order valence-corrected chi connectivity index (χ0v) is 9.87. The number of aryl methyl sites for hydroxylation is 1. The summed E-state index contributed by atoms with van der Waals surface area (Å²) in [5.41, 5.74) is 8.91. The number of hydrogen-bond acceptors (Lipinski definition) is 3. The highest BCUT2D eigenvalue weighted by molar-refractivity contribution is 7.10. The quantitative estimate of drug-likeness (QED) is 0.862. The predicted octanol–water partition coefficient (Wildman–Crippen LogP) is 3.46. The maximum Gasteiger partial charge on any atom is 0.0950 e. The maximum absolute atomic E-state index is 6.33. The van der Waals surface area contributed by atoms with E-state index < -0.39 is 0 Å². The molecule has 0 aliphatic heterocycles. The molecule has 2 aromatic rings. The topological polar surface area (TPSA) is 39.2 Å². The van der Waals surface area contributed by atoms with Crippen LogP contribution in [0, 0.1) is 0 Å². The van der Waals surface area contributed by atoms with E-state index in [1.54, 1.807) is 12.5 Å². The molecule has 1 aliphatic carbocycles. The fourth-order valence-electron chi connectivity index (χ4n) is 2.59. The van der Waals surface area contributed by atoms with Gasteiger partial charge < -0.3 is 10.2 Å². The van der Waals surface area contributed by atoms with E-state index in [1.807, 2.05) is 17.4 Å². The van der Waals surface area contributed by atoms with Crippen LogP contribution >= 0.6 is 11.3 Å². The molecule has 0 amide bonds. The molecule has 0 saturated heterocycles. The molecule has 0 radical (unpaired) electrons. The smallest absolute Gasteiger partial charge is 0.0950 e. The molecule has 2 nitrogen and oxygen atoms in total. The normalized spacial score (nSPS) is 21.7. The molecular formula is C13H15NOS. The second kappa shape index (κ2) is 4.07. The van der Waals surface area contributed by atoms with Crippen molar-refractivity contribution >= 4 is 11.3 Å². The van der Waals surface area contributed by atoms with Crippen LogP contribution in [0.25, 0.3) is 0 Å². The third-order valence-electron chi connectivity index (χ3n) is 3.46. The molecule has 3 rings (SSSR count). The van der Waals surface area contributed by atoms with Gasteiger partial charge in [-0.15, -0.1) is 11.3 Å². The monoisotopic (exact) mass is 233 g/mol. The van der Waals surface area contributed by atoms with Gasteiger partial charge in [0.2, 0.25) is 0 Å². The number of nitrogens with two attached hydrogens (primary N) is 1. The minimum atomic E-state index is 0.0763. The second-order valence-corrected chi connectivity index (χ2v) is 5.38. The molecule has 0 saturated carbocycles. The Balaban J connectivity index is 1.92. The van der Waals surface area contributed by atoms with Crippen LogP contribution in [0.2, 0.25) is 0 Å². The SMILES string of the molecule is NC(c1ccoc1)C1CCCc2sccc21. The first-order valence-electron chi connectivity index (χ1n) is 5.70. The lowest BCUT2D eigenvalue weighted by atomic mass is 9.81. The van der Waals surface area contributed by atoms with Crippen LogP contribution in [-0.4, -0.2) is 0 Å². The first-order chi connectivity index (χ1) is 7.86. The van der Waals surface area contributed by atoms with E-state index in [0.29, 0.717) is 5.92 Å². The van der Waals surface area contributed by atoms with Gasteiger partial charge >= 0.3 is 0 Å². The van der Waals surface area contributed by atoms with Crippen LogP contribution in [0.4, 0.5) is 0 Å². The largest absolute Gasteiger partial charge is 0.472 e. The van der Waals surface area contributed by atoms with Crippen molar-refractivity contribution in [2.24, 2.45) is 5.73 Å². The number of furan rings is 1. The number of fused-ring (bicyclic) bond motifs is 1. The van der Waals surface area contributed by atoms with Crippen LogP contribution in [0.1, 0.15) is 40.8 Å². The summed E-state index contributed by atoms with van der Waals surface area (Å²) in [6, 6.07) is 4.29. The highest BCUT2D eigenvalue weighted by Crippen LogP contribution is 2.41. The number of rotatable bonds is 2. The van der Waals surface area contributed by atoms with Gasteiger partial charge in [-0.3, -0.25) is 0 Å². The Hall–Kier alpha value is -1.06. The first-order valence-corrected chi connectivity index (χ1v) is 6.58.